The maximum Gasteiger partial charge on any atom is 0.243 e. The Morgan fingerprint density at radius 1 is 1.26 bits per heavy atom. The van der Waals surface area contributed by atoms with Crippen molar-refractivity contribution in [2.24, 2.45) is 5.92 Å². The predicted octanol–water partition coefficient (Wildman–Crippen LogP) is 2.72. The molecule has 0 aliphatic carbocycles. The van der Waals surface area contributed by atoms with Gasteiger partial charge in [-0.1, -0.05) is 23.8 Å². The van der Waals surface area contributed by atoms with E-state index in [4.69, 9.17) is 0 Å². The standard InChI is InChI=1S/C15H19NO2S/c1-3-12-10-13-6-9-15(12)16(13)19(17,18)14-7-4-11(2)5-8-14/h3-5,7-8,12-13,15H,1,6,9-10H2,2H3/t12-,13-,15+/m0/s1. The van der Waals surface area contributed by atoms with Crippen molar-refractivity contribution in [2.75, 3.05) is 0 Å². The first kappa shape index (κ1) is 12.9. The van der Waals surface area contributed by atoms with Crippen LogP contribution in [0.2, 0.25) is 0 Å². The van der Waals surface area contributed by atoms with E-state index in [9.17, 15) is 8.42 Å². The quantitative estimate of drug-likeness (QED) is 0.797. The molecular weight excluding hydrogens is 258 g/mol. The number of sulfonamides is 1. The number of fused-ring (bicyclic) bond motifs is 2. The summed E-state index contributed by atoms with van der Waals surface area (Å²) < 4.78 is 27.3. The fourth-order valence-corrected chi connectivity index (χ4v) is 5.37. The zero-order chi connectivity index (χ0) is 13.6. The van der Waals surface area contributed by atoms with Gasteiger partial charge in [-0.2, -0.15) is 4.31 Å². The minimum Gasteiger partial charge on any atom is -0.207 e. The average molecular weight is 277 g/mol. The molecule has 2 saturated heterocycles. The summed E-state index contributed by atoms with van der Waals surface area (Å²) in [5, 5.41) is 0. The van der Waals surface area contributed by atoms with E-state index in [0.717, 1.165) is 24.8 Å². The van der Waals surface area contributed by atoms with Crippen LogP contribution >= 0.6 is 0 Å². The Labute approximate surface area is 115 Å². The van der Waals surface area contributed by atoms with Crippen LogP contribution in [0.1, 0.15) is 24.8 Å². The zero-order valence-corrected chi connectivity index (χ0v) is 11.9. The summed E-state index contributed by atoms with van der Waals surface area (Å²) >= 11 is 0. The first-order valence-electron chi connectivity index (χ1n) is 6.77. The lowest BCUT2D eigenvalue weighted by Crippen LogP contribution is -2.36. The van der Waals surface area contributed by atoms with Crippen LogP contribution in [0.15, 0.2) is 41.8 Å². The molecule has 0 radical (unpaired) electrons. The van der Waals surface area contributed by atoms with Crippen molar-refractivity contribution in [1.29, 1.82) is 0 Å². The van der Waals surface area contributed by atoms with Crippen molar-refractivity contribution in [3.63, 3.8) is 0 Å². The Morgan fingerprint density at radius 3 is 2.53 bits per heavy atom. The normalized spacial score (nSPS) is 30.7. The van der Waals surface area contributed by atoms with Gasteiger partial charge in [0.2, 0.25) is 10.0 Å². The van der Waals surface area contributed by atoms with Gasteiger partial charge in [0.15, 0.2) is 0 Å². The zero-order valence-electron chi connectivity index (χ0n) is 11.1. The van der Waals surface area contributed by atoms with E-state index in [1.807, 2.05) is 25.1 Å². The molecule has 2 fully saturated rings. The van der Waals surface area contributed by atoms with E-state index in [2.05, 4.69) is 6.58 Å². The molecule has 1 aromatic rings. The minimum atomic E-state index is -3.35. The minimum absolute atomic E-state index is 0.119. The van der Waals surface area contributed by atoms with Gasteiger partial charge in [-0.3, -0.25) is 0 Å². The van der Waals surface area contributed by atoms with Crippen LogP contribution in [0.25, 0.3) is 0 Å². The summed E-state index contributed by atoms with van der Waals surface area (Å²) in [6, 6.07) is 7.43. The largest absolute Gasteiger partial charge is 0.243 e. The van der Waals surface area contributed by atoms with Crippen molar-refractivity contribution >= 4 is 10.0 Å². The van der Waals surface area contributed by atoms with Crippen molar-refractivity contribution in [2.45, 2.75) is 43.2 Å². The van der Waals surface area contributed by atoms with Gasteiger partial charge in [0.1, 0.15) is 0 Å². The first-order valence-corrected chi connectivity index (χ1v) is 8.21. The second-order valence-corrected chi connectivity index (χ2v) is 7.42. The Balaban J connectivity index is 1.98. The van der Waals surface area contributed by atoms with Crippen molar-refractivity contribution in [3.8, 4) is 0 Å². The molecule has 0 unspecified atom stereocenters. The van der Waals surface area contributed by atoms with Gasteiger partial charge in [-0.05, 0) is 44.2 Å². The van der Waals surface area contributed by atoms with Crippen LogP contribution in [-0.2, 0) is 10.0 Å². The molecule has 3 rings (SSSR count). The molecule has 2 aliphatic heterocycles. The second kappa shape index (κ2) is 4.46. The van der Waals surface area contributed by atoms with Crippen molar-refractivity contribution in [3.05, 3.63) is 42.5 Å². The molecule has 102 valence electrons. The highest BCUT2D eigenvalue weighted by Gasteiger charge is 2.50. The number of hydrogen-bond acceptors (Lipinski definition) is 2. The lowest BCUT2D eigenvalue weighted by Gasteiger charge is -2.22. The number of nitrogens with zero attached hydrogens (tertiary/aromatic N) is 1. The molecule has 2 bridgehead atoms. The Hall–Kier alpha value is -1.13. The van der Waals surface area contributed by atoms with Crippen molar-refractivity contribution in [1.82, 2.24) is 4.31 Å². The monoisotopic (exact) mass is 277 g/mol. The first-order chi connectivity index (χ1) is 9.04. The van der Waals surface area contributed by atoms with Gasteiger partial charge in [-0.25, -0.2) is 8.42 Å². The van der Waals surface area contributed by atoms with Crippen LogP contribution in [0.5, 0.6) is 0 Å². The Morgan fingerprint density at radius 2 is 1.95 bits per heavy atom. The molecule has 3 atom stereocenters. The third-order valence-corrected chi connectivity index (χ3v) is 6.41. The molecule has 4 heteroatoms. The number of rotatable bonds is 3. The molecule has 0 saturated carbocycles. The molecule has 0 aromatic heterocycles. The van der Waals surface area contributed by atoms with E-state index in [1.54, 1.807) is 16.4 Å². The summed E-state index contributed by atoms with van der Waals surface area (Å²) in [6.07, 6.45) is 4.80. The molecule has 0 N–H and O–H groups in total. The van der Waals surface area contributed by atoms with Crippen LogP contribution in [0, 0.1) is 12.8 Å². The molecular formula is C15H19NO2S. The molecule has 3 nitrogen and oxygen atoms in total. The molecule has 2 aliphatic rings. The van der Waals surface area contributed by atoms with Crippen LogP contribution < -0.4 is 0 Å². The fraction of sp³-hybridized carbons (Fsp3) is 0.467. The summed E-state index contributed by atoms with van der Waals surface area (Å²) in [6.45, 7) is 5.80. The smallest absolute Gasteiger partial charge is 0.207 e. The highest BCUT2D eigenvalue weighted by Crippen LogP contribution is 2.45. The third kappa shape index (κ3) is 1.94. The van der Waals surface area contributed by atoms with Crippen LogP contribution in [0.4, 0.5) is 0 Å². The maximum absolute atomic E-state index is 12.8. The van der Waals surface area contributed by atoms with E-state index in [-0.39, 0.29) is 12.1 Å². The Kier molecular flexibility index (Phi) is 3.02. The van der Waals surface area contributed by atoms with Gasteiger partial charge in [0, 0.05) is 12.1 Å². The van der Waals surface area contributed by atoms with Gasteiger partial charge in [0.05, 0.1) is 4.90 Å². The number of benzene rings is 1. The van der Waals surface area contributed by atoms with E-state index >= 15 is 0 Å². The second-order valence-electron chi connectivity index (χ2n) is 5.58. The summed E-state index contributed by atoms with van der Waals surface area (Å²) in [5.74, 6) is 0.318. The number of aryl methyl sites for hydroxylation is 1. The molecule has 0 spiro atoms. The third-order valence-electron chi connectivity index (χ3n) is 4.42. The highest BCUT2D eigenvalue weighted by molar-refractivity contribution is 7.89. The van der Waals surface area contributed by atoms with Gasteiger partial charge >= 0.3 is 0 Å². The van der Waals surface area contributed by atoms with Gasteiger partial charge in [-0.15, -0.1) is 6.58 Å². The average Bonchev–Trinajstić information content (AvgIpc) is 2.97. The lowest BCUT2D eigenvalue weighted by atomic mass is 9.89. The SMILES string of the molecule is C=C[C@H]1C[C@@H]2CC[C@H]1N2S(=O)(=O)c1ccc(C)cc1. The lowest BCUT2D eigenvalue weighted by molar-refractivity contribution is 0.383. The Bertz CT molecular complexity index is 591. The topological polar surface area (TPSA) is 37.4 Å². The van der Waals surface area contributed by atoms with Crippen LogP contribution in [0.3, 0.4) is 0 Å². The molecule has 1 aromatic carbocycles. The molecule has 2 heterocycles. The maximum atomic E-state index is 12.8. The van der Waals surface area contributed by atoms with E-state index in [1.165, 1.54) is 0 Å². The van der Waals surface area contributed by atoms with Gasteiger partial charge in [0.25, 0.3) is 0 Å². The predicted molar refractivity (Wildman–Crippen MR) is 75.3 cm³/mol. The summed E-state index contributed by atoms with van der Waals surface area (Å²) in [7, 11) is -3.35. The summed E-state index contributed by atoms with van der Waals surface area (Å²) in [4.78, 5) is 0.416. The van der Waals surface area contributed by atoms with Gasteiger partial charge < -0.3 is 0 Å². The molecule has 0 amide bonds. The van der Waals surface area contributed by atoms with E-state index < -0.39 is 10.0 Å². The summed E-state index contributed by atoms with van der Waals surface area (Å²) in [5.41, 5.74) is 1.08. The van der Waals surface area contributed by atoms with Crippen LogP contribution in [-0.4, -0.2) is 24.8 Å². The molecule has 19 heavy (non-hydrogen) atoms. The van der Waals surface area contributed by atoms with E-state index in [0.29, 0.717) is 10.8 Å². The highest BCUT2D eigenvalue weighted by atomic mass is 32.2. The number of hydrogen-bond donors (Lipinski definition) is 0. The van der Waals surface area contributed by atoms with Crippen molar-refractivity contribution < 1.29 is 8.42 Å². The fourth-order valence-electron chi connectivity index (χ4n) is 3.44.